The van der Waals surface area contributed by atoms with Crippen LogP contribution in [0.25, 0.3) is 22.1 Å². The number of hydrogen-bond donors (Lipinski definition) is 0. The van der Waals surface area contributed by atoms with Crippen LogP contribution in [0.5, 0.6) is 5.75 Å². The van der Waals surface area contributed by atoms with Crippen LogP contribution in [0.2, 0.25) is 5.02 Å². The van der Waals surface area contributed by atoms with Crippen LogP contribution in [-0.2, 0) is 6.61 Å². The Morgan fingerprint density at radius 2 is 1.71 bits per heavy atom. The molecule has 0 N–H and O–H groups in total. The highest BCUT2D eigenvalue weighted by molar-refractivity contribution is 6.30. The van der Waals surface area contributed by atoms with E-state index in [0.29, 0.717) is 33.1 Å². The molecule has 4 aromatic rings. The summed E-state index contributed by atoms with van der Waals surface area (Å²) in [6.45, 7) is 2.05. The normalized spacial score (nSPS) is 11.0. The van der Waals surface area contributed by atoms with E-state index in [1.54, 1.807) is 61.5 Å². The maximum absolute atomic E-state index is 13.0. The molecule has 0 saturated carbocycles. The topological polar surface area (TPSA) is 39.4 Å². The molecular formula is C23H16ClFO3. The van der Waals surface area contributed by atoms with Gasteiger partial charge in [-0.05, 0) is 54.4 Å². The van der Waals surface area contributed by atoms with Crippen LogP contribution in [0.4, 0.5) is 4.39 Å². The van der Waals surface area contributed by atoms with Crippen LogP contribution in [0.15, 0.2) is 75.9 Å². The van der Waals surface area contributed by atoms with Gasteiger partial charge in [-0.2, -0.15) is 0 Å². The van der Waals surface area contributed by atoms with E-state index in [-0.39, 0.29) is 17.9 Å². The maximum atomic E-state index is 13.0. The third-order valence-corrected chi connectivity index (χ3v) is 4.74. The minimum atomic E-state index is -0.289. The van der Waals surface area contributed by atoms with Gasteiger partial charge < -0.3 is 9.15 Å². The Labute approximate surface area is 166 Å². The molecule has 0 radical (unpaired) electrons. The molecule has 5 heteroatoms. The molecule has 0 aliphatic rings. The van der Waals surface area contributed by atoms with Crippen molar-refractivity contribution in [2.75, 3.05) is 0 Å². The first-order chi connectivity index (χ1) is 13.5. The molecule has 0 aliphatic carbocycles. The molecule has 3 aromatic carbocycles. The lowest BCUT2D eigenvalue weighted by Gasteiger charge is -2.10. The van der Waals surface area contributed by atoms with Gasteiger partial charge in [0.1, 0.15) is 29.5 Å². The van der Waals surface area contributed by atoms with Crippen LogP contribution in [0.3, 0.4) is 0 Å². The maximum Gasteiger partial charge on any atom is 0.200 e. The lowest BCUT2D eigenvalue weighted by atomic mass is 10.0. The summed E-state index contributed by atoms with van der Waals surface area (Å²) in [6.07, 6.45) is 0. The SMILES string of the molecule is Cc1oc2cc(OCc3ccc(F)cc3)ccc2c(=O)c1-c1ccc(Cl)cc1. The summed E-state index contributed by atoms with van der Waals surface area (Å²) in [6, 6.07) is 18.3. The number of fused-ring (bicyclic) bond motifs is 1. The molecule has 140 valence electrons. The molecule has 0 unspecified atom stereocenters. The average Bonchev–Trinajstić information content (AvgIpc) is 2.69. The van der Waals surface area contributed by atoms with Gasteiger partial charge in [0.15, 0.2) is 0 Å². The summed E-state index contributed by atoms with van der Waals surface area (Å²) in [5.74, 6) is 0.803. The second-order valence-corrected chi connectivity index (χ2v) is 6.88. The molecule has 0 atom stereocenters. The minimum absolute atomic E-state index is 0.105. The van der Waals surface area contributed by atoms with E-state index in [1.165, 1.54) is 12.1 Å². The zero-order chi connectivity index (χ0) is 19.7. The van der Waals surface area contributed by atoms with E-state index in [1.807, 2.05) is 0 Å². The van der Waals surface area contributed by atoms with Gasteiger partial charge in [-0.1, -0.05) is 35.9 Å². The fraction of sp³-hybridized carbons (Fsp3) is 0.0870. The standard InChI is InChI=1S/C23H16ClFO3/c1-14-22(16-4-6-17(24)7-5-16)23(26)20-11-10-19(12-21(20)28-14)27-13-15-2-8-18(25)9-3-15/h2-12H,13H2,1H3. The first kappa shape index (κ1) is 18.3. The fourth-order valence-corrected chi connectivity index (χ4v) is 3.20. The van der Waals surface area contributed by atoms with Crippen LogP contribution in [0, 0.1) is 12.7 Å². The zero-order valence-electron chi connectivity index (χ0n) is 15.0. The van der Waals surface area contributed by atoms with Crippen molar-refractivity contribution in [2.24, 2.45) is 0 Å². The first-order valence-electron chi connectivity index (χ1n) is 8.72. The molecule has 4 rings (SSSR count). The highest BCUT2D eigenvalue weighted by atomic mass is 35.5. The highest BCUT2D eigenvalue weighted by Gasteiger charge is 2.14. The third kappa shape index (κ3) is 3.64. The van der Waals surface area contributed by atoms with E-state index in [0.717, 1.165) is 11.1 Å². The largest absolute Gasteiger partial charge is 0.489 e. The number of rotatable bonds is 4. The summed E-state index contributed by atoms with van der Waals surface area (Å²) in [7, 11) is 0. The van der Waals surface area contributed by atoms with Gasteiger partial charge in [0.2, 0.25) is 5.43 Å². The fourth-order valence-electron chi connectivity index (χ4n) is 3.07. The summed E-state index contributed by atoms with van der Waals surface area (Å²) < 4.78 is 24.6. The van der Waals surface area contributed by atoms with Gasteiger partial charge in [0, 0.05) is 11.1 Å². The molecule has 0 saturated heterocycles. The molecule has 0 spiro atoms. The highest BCUT2D eigenvalue weighted by Crippen LogP contribution is 2.27. The van der Waals surface area contributed by atoms with Crippen LogP contribution >= 0.6 is 11.6 Å². The molecule has 28 heavy (non-hydrogen) atoms. The Balaban J connectivity index is 1.67. The lowest BCUT2D eigenvalue weighted by molar-refractivity contribution is 0.306. The lowest BCUT2D eigenvalue weighted by Crippen LogP contribution is -2.07. The van der Waals surface area contributed by atoms with E-state index in [9.17, 15) is 9.18 Å². The van der Waals surface area contributed by atoms with Crippen molar-refractivity contribution in [1.29, 1.82) is 0 Å². The summed E-state index contributed by atoms with van der Waals surface area (Å²) >= 11 is 5.94. The van der Waals surface area contributed by atoms with Crippen molar-refractivity contribution < 1.29 is 13.5 Å². The van der Waals surface area contributed by atoms with E-state index < -0.39 is 0 Å². The molecule has 0 bridgehead atoms. The second kappa shape index (κ2) is 7.49. The van der Waals surface area contributed by atoms with Crippen LogP contribution in [-0.4, -0.2) is 0 Å². The van der Waals surface area contributed by atoms with Crippen molar-refractivity contribution in [3.8, 4) is 16.9 Å². The molecule has 0 amide bonds. The summed E-state index contributed by atoms with van der Waals surface area (Å²) in [5, 5.41) is 1.08. The summed E-state index contributed by atoms with van der Waals surface area (Å²) in [5.41, 5.74) is 2.47. The van der Waals surface area contributed by atoms with Gasteiger partial charge in [-0.15, -0.1) is 0 Å². The number of aryl methyl sites for hydroxylation is 1. The van der Waals surface area contributed by atoms with E-state index in [4.69, 9.17) is 20.8 Å². The van der Waals surface area contributed by atoms with E-state index in [2.05, 4.69) is 0 Å². The smallest absolute Gasteiger partial charge is 0.200 e. The molecule has 1 heterocycles. The molecular weight excluding hydrogens is 379 g/mol. The van der Waals surface area contributed by atoms with E-state index >= 15 is 0 Å². The molecule has 1 aromatic heterocycles. The predicted molar refractivity (Wildman–Crippen MR) is 108 cm³/mol. The predicted octanol–water partition coefficient (Wildman–Crippen LogP) is 6.14. The van der Waals surface area contributed by atoms with Gasteiger partial charge in [-0.25, -0.2) is 4.39 Å². The van der Waals surface area contributed by atoms with Gasteiger partial charge in [0.25, 0.3) is 0 Å². The number of hydrogen-bond acceptors (Lipinski definition) is 3. The average molecular weight is 395 g/mol. The number of ether oxygens (including phenoxy) is 1. The Kier molecular flexibility index (Phi) is 4.88. The van der Waals surface area contributed by atoms with Crippen LogP contribution in [0.1, 0.15) is 11.3 Å². The Hall–Kier alpha value is -3.11. The van der Waals surface area contributed by atoms with Crippen molar-refractivity contribution >= 4 is 22.6 Å². The van der Waals surface area contributed by atoms with Gasteiger partial charge >= 0.3 is 0 Å². The third-order valence-electron chi connectivity index (χ3n) is 4.49. The van der Waals surface area contributed by atoms with Crippen molar-refractivity contribution in [2.45, 2.75) is 13.5 Å². The van der Waals surface area contributed by atoms with Crippen molar-refractivity contribution in [3.05, 3.63) is 99.1 Å². The molecule has 3 nitrogen and oxygen atoms in total. The first-order valence-corrected chi connectivity index (χ1v) is 9.10. The Bertz CT molecular complexity index is 1200. The quantitative estimate of drug-likeness (QED) is 0.417. The molecule has 0 aliphatic heterocycles. The van der Waals surface area contributed by atoms with Gasteiger partial charge in [0.05, 0.1) is 10.9 Å². The zero-order valence-corrected chi connectivity index (χ0v) is 15.8. The number of halogens is 2. The monoisotopic (exact) mass is 394 g/mol. The van der Waals surface area contributed by atoms with Crippen molar-refractivity contribution in [1.82, 2.24) is 0 Å². The Morgan fingerprint density at radius 1 is 1.00 bits per heavy atom. The summed E-state index contributed by atoms with van der Waals surface area (Å²) in [4.78, 5) is 13.0. The second-order valence-electron chi connectivity index (χ2n) is 6.44. The molecule has 0 fully saturated rings. The minimum Gasteiger partial charge on any atom is -0.489 e. The van der Waals surface area contributed by atoms with Gasteiger partial charge in [-0.3, -0.25) is 4.79 Å². The van der Waals surface area contributed by atoms with Crippen molar-refractivity contribution in [3.63, 3.8) is 0 Å². The Morgan fingerprint density at radius 3 is 2.43 bits per heavy atom. The number of benzene rings is 3. The van der Waals surface area contributed by atoms with Crippen LogP contribution < -0.4 is 10.2 Å².